The summed E-state index contributed by atoms with van der Waals surface area (Å²) >= 11 is 0. The van der Waals surface area contributed by atoms with Crippen LogP contribution in [-0.4, -0.2) is 20.8 Å². The molecule has 0 saturated heterocycles. The zero-order chi connectivity index (χ0) is 22.6. The summed E-state index contributed by atoms with van der Waals surface area (Å²) < 4.78 is 95.0. The summed E-state index contributed by atoms with van der Waals surface area (Å²) in [7, 11) is -8.57. The molecule has 6 nitrogen and oxygen atoms in total. The topological polar surface area (TPSA) is 85.2 Å². The zero-order valence-corrected chi connectivity index (χ0v) is 17.8. The van der Waals surface area contributed by atoms with Crippen LogP contribution in [-0.2, 0) is 20.0 Å². The Hall–Kier alpha value is -2.79. The minimum atomic E-state index is -4.49. The number of sulfonamides is 1. The van der Waals surface area contributed by atoms with Crippen molar-refractivity contribution in [2.45, 2.75) is 35.5 Å². The standard InChI is InChI=1S/C20H17F3N2O4S2/c1-12-2-6-14(7-3-12)31(28,29)25-11-15(8-20(25)13-4-5-13)30(26,27)24-19-10-17(22)16(21)9-18(19)23/h2-3,6-11,13,24H,4-5H2,1H3. The largest absolute Gasteiger partial charge is 0.276 e. The number of hydrogen-bond donors (Lipinski definition) is 1. The molecule has 3 aromatic rings. The molecular weight excluding hydrogens is 453 g/mol. The number of hydrogen-bond acceptors (Lipinski definition) is 4. The Kier molecular flexibility index (Phi) is 5.13. The number of nitrogens with one attached hydrogen (secondary N) is 1. The van der Waals surface area contributed by atoms with Gasteiger partial charge in [0.1, 0.15) is 10.7 Å². The lowest BCUT2D eigenvalue weighted by Gasteiger charge is -2.10. The van der Waals surface area contributed by atoms with Gasteiger partial charge in [0.25, 0.3) is 20.0 Å². The number of anilines is 1. The molecule has 1 heterocycles. The predicted molar refractivity (Wildman–Crippen MR) is 107 cm³/mol. The van der Waals surface area contributed by atoms with Gasteiger partial charge in [0.2, 0.25) is 0 Å². The predicted octanol–water partition coefficient (Wildman–Crippen LogP) is 4.13. The van der Waals surface area contributed by atoms with E-state index >= 15 is 0 Å². The van der Waals surface area contributed by atoms with Crippen LogP contribution >= 0.6 is 0 Å². The normalized spacial score (nSPS) is 14.6. The van der Waals surface area contributed by atoms with Gasteiger partial charge in [-0.05, 0) is 38.0 Å². The summed E-state index contributed by atoms with van der Waals surface area (Å²) in [6.07, 6.45) is 2.32. The number of aryl methyl sites for hydroxylation is 1. The minimum absolute atomic E-state index is 0.0147. The summed E-state index contributed by atoms with van der Waals surface area (Å²) in [4.78, 5) is -0.451. The smallest absolute Gasteiger partial charge is 0.267 e. The Labute approximate surface area is 177 Å². The van der Waals surface area contributed by atoms with E-state index in [0.717, 1.165) is 15.7 Å². The van der Waals surface area contributed by atoms with E-state index in [1.807, 2.05) is 4.72 Å². The highest BCUT2D eigenvalue weighted by Crippen LogP contribution is 2.42. The first-order valence-electron chi connectivity index (χ1n) is 9.21. The van der Waals surface area contributed by atoms with E-state index in [1.54, 1.807) is 19.1 Å². The average molecular weight is 470 g/mol. The van der Waals surface area contributed by atoms with Crippen LogP contribution in [0.15, 0.2) is 58.5 Å². The van der Waals surface area contributed by atoms with Crippen LogP contribution in [0.25, 0.3) is 0 Å². The lowest BCUT2D eigenvalue weighted by atomic mass is 10.2. The van der Waals surface area contributed by atoms with Crippen LogP contribution in [0.2, 0.25) is 0 Å². The van der Waals surface area contributed by atoms with Crippen molar-refractivity contribution in [3.8, 4) is 0 Å². The summed E-state index contributed by atoms with van der Waals surface area (Å²) in [5, 5.41) is 0. The van der Waals surface area contributed by atoms with Gasteiger partial charge in [-0.2, -0.15) is 0 Å². The van der Waals surface area contributed by atoms with Gasteiger partial charge < -0.3 is 0 Å². The van der Waals surface area contributed by atoms with Crippen LogP contribution in [0.1, 0.15) is 30.0 Å². The lowest BCUT2D eigenvalue weighted by Crippen LogP contribution is -2.16. The average Bonchev–Trinajstić information content (AvgIpc) is 3.43. The molecule has 0 bridgehead atoms. The van der Waals surface area contributed by atoms with E-state index in [9.17, 15) is 30.0 Å². The molecule has 0 spiro atoms. The highest BCUT2D eigenvalue weighted by atomic mass is 32.2. The van der Waals surface area contributed by atoms with Crippen molar-refractivity contribution in [2.75, 3.05) is 4.72 Å². The molecule has 2 aromatic carbocycles. The van der Waals surface area contributed by atoms with Gasteiger partial charge in [0, 0.05) is 29.9 Å². The van der Waals surface area contributed by atoms with Crippen molar-refractivity contribution in [1.82, 2.24) is 3.97 Å². The van der Waals surface area contributed by atoms with E-state index < -0.39 is 48.1 Å². The molecule has 0 amide bonds. The molecular formula is C20H17F3N2O4S2. The molecule has 1 aliphatic carbocycles. The van der Waals surface area contributed by atoms with E-state index in [2.05, 4.69) is 0 Å². The third-order valence-electron chi connectivity index (χ3n) is 4.93. The monoisotopic (exact) mass is 470 g/mol. The fourth-order valence-electron chi connectivity index (χ4n) is 3.10. The van der Waals surface area contributed by atoms with Gasteiger partial charge in [-0.1, -0.05) is 17.7 Å². The number of rotatable bonds is 6. The van der Waals surface area contributed by atoms with Crippen LogP contribution in [0.4, 0.5) is 18.9 Å². The van der Waals surface area contributed by atoms with Crippen molar-refractivity contribution in [1.29, 1.82) is 0 Å². The van der Waals surface area contributed by atoms with Gasteiger partial charge >= 0.3 is 0 Å². The third-order valence-corrected chi connectivity index (χ3v) is 7.96. The summed E-state index contributed by atoms with van der Waals surface area (Å²) in [6.45, 7) is 1.80. The van der Waals surface area contributed by atoms with E-state index in [1.165, 1.54) is 18.2 Å². The molecule has 0 radical (unpaired) electrons. The molecule has 0 aliphatic heterocycles. The molecule has 11 heteroatoms. The molecule has 1 aliphatic rings. The van der Waals surface area contributed by atoms with E-state index in [-0.39, 0.29) is 22.6 Å². The van der Waals surface area contributed by atoms with Crippen molar-refractivity contribution < 1.29 is 30.0 Å². The molecule has 0 atom stereocenters. The van der Waals surface area contributed by atoms with Crippen molar-refractivity contribution in [3.63, 3.8) is 0 Å². The van der Waals surface area contributed by atoms with Gasteiger partial charge in [-0.15, -0.1) is 0 Å². The molecule has 1 fully saturated rings. The highest BCUT2D eigenvalue weighted by Gasteiger charge is 2.34. The number of halogens is 3. The van der Waals surface area contributed by atoms with Gasteiger partial charge in [-0.25, -0.2) is 34.0 Å². The first-order chi connectivity index (χ1) is 14.5. The second-order valence-corrected chi connectivity index (χ2v) is 10.8. The van der Waals surface area contributed by atoms with E-state index in [4.69, 9.17) is 0 Å². The van der Waals surface area contributed by atoms with Gasteiger partial charge in [0.05, 0.1) is 10.6 Å². The summed E-state index contributed by atoms with van der Waals surface area (Å²) in [6, 6.07) is 7.88. The van der Waals surface area contributed by atoms with Crippen molar-refractivity contribution >= 4 is 25.7 Å². The van der Waals surface area contributed by atoms with Crippen LogP contribution < -0.4 is 4.72 Å². The Morgan fingerprint density at radius 2 is 1.48 bits per heavy atom. The summed E-state index contributed by atoms with van der Waals surface area (Å²) in [5.74, 6) is -4.34. The third kappa shape index (κ3) is 4.07. The van der Waals surface area contributed by atoms with Gasteiger partial charge in [-0.3, -0.25) is 4.72 Å². The Morgan fingerprint density at radius 1 is 0.871 bits per heavy atom. The zero-order valence-electron chi connectivity index (χ0n) is 16.1. The second-order valence-electron chi connectivity index (χ2n) is 7.34. The van der Waals surface area contributed by atoms with E-state index in [0.29, 0.717) is 18.9 Å². The number of aromatic nitrogens is 1. The van der Waals surface area contributed by atoms with Crippen LogP contribution in [0.3, 0.4) is 0 Å². The SMILES string of the molecule is Cc1ccc(S(=O)(=O)n2cc(S(=O)(=O)Nc3cc(F)c(F)cc3F)cc2C2CC2)cc1. The molecule has 1 N–H and O–H groups in total. The first kappa shape index (κ1) is 21.4. The lowest BCUT2D eigenvalue weighted by molar-refractivity contribution is 0.496. The molecule has 4 rings (SSSR count). The Bertz CT molecular complexity index is 1380. The maximum absolute atomic E-state index is 13.9. The molecule has 31 heavy (non-hydrogen) atoms. The van der Waals surface area contributed by atoms with Gasteiger partial charge in [0.15, 0.2) is 11.6 Å². The first-order valence-corrected chi connectivity index (χ1v) is 12.1. The molecule has 1 saturated carbocycles. The molecule has 0 unspecified atom stereocenters. The summed E-state index contributed by atoms with van der Waals surface area (Å²) in [5.41, 5.74) is 0.350. The maximum atomic E-state index is 13.9. The quantitative estimate of drug-likeness (QED) is 0.549. The number of nitrogens with zero attached hydrogens (tertiary/aromatic N) is 1. The van der Waals surface area contributed by atoms with Crippen LogP contribution in [0, 0.1) is 24.4 Å². The molecule has 164 valence electrons. The minimum Gasteiger partial charge on any atom is -0.276 e. The fourth-order valence-corrected chi connectivity index (χ4v) is 5.69. The van der Waals surface area contributed by atoms with Crippen molar-refractivity contribution in [2.24, 2.45) is 0 Å². The Morgan fingerprint density at radius 3 is 2.10 bits per heavy atom. The fraction of sp³-hybridized carbons (Fsp3) is 0.200. The second kappa shape index (κ2) is 7.41. The maximum Gasteiger partial charge on any atom is 0.267 e. The van der Waals surface area contributed by atoms with Crippen LogP contribution in [0.5, 0.6) is 0 Å². The molecule has 1 aromatic heterocycles. The number of benzene rings is 2. The Balaban J connectivity index is 1.77. The van der Waals surface area contributed by atoms with Crippen molar-refractivity contribution in [3.05, 3.63) is 77.4 Å². The highest BCUT2D eigenvalue weighted by molar-refractivity contribution is 7.93.